The van der Waals surface area contributed by atoms with Crippen molar-refractivity contribution in [2.24, 2.45) is 0 Å². The van der Waals surface area contributed by atoms with Crippen LogP contribution in [0.2, 0.25) is 10.1 Å². The highest BCUT2D eigenvalue weighted by molar-refractivity contribution is 6.73. The van der Waals surface area contributed by atoms with Crippen molar-refractivity contribution >= 4 is 8.56 Å². The van der Waals surface area contributed by atoms with Crippen LogP contribution in [0, 0.1) is 0 Å². The predicted octanol–water partition coefficient (Wildman–Crippen LogP) is 3.32. The smallest absolute Gasteiger partial charge is 0.348 e. The fraction of sp³-hybridized carbons (Fsp3) is 1.00. The van der Waals surface area contributed by atoms with Gasteiger partial charge in [0.25, 0.3) is 0 Å². The molecule has 0 aromatic heterocycles. The Morgan fingerprint density at radius 2 is 0.923 bits per heavy atom. The molecule has 0 rings (SSSR count). The largest absolute Gasteiger partial charge is 0.397 e. The van der Waals surface area contributed by atoms with Crippen LogP contribution in [0.15, 0.2) is 0 Å². The van der Waals surface area contributed by atoms with Crippen LogP contribution in [0.1, 0.15) is 41.5 Å². The van der Waals surface area contributed by atoms with Gasteiger partial charge in [-0.25, -0.2) is 0 Å². The van der Waals surface area contributed by atoms with Gasteiger partial charge in [-0.15, -0.1) is 0 Å². The SMILES string of the molecule is CO[Si](OC)(C(C)(C)C)C(C)(C)C. The lowest BCUT2D eigenvalue weighted by Crippen LogP contribution is -2.55. The Morgan fingerprint density at radius 1 is 0.692 bits per heavy atom. The van der Waals surface area contributed by atoms with Crippen molar-refractivity contribution in [1.82, 2.24) is 0 Å². The van der Waals surface area contributed by atoms with Crippen molar-refractivity contribution < 1.29 is 8.85 Å². The van der Waals surface area contributed by atoms with Crippen LogP contribution in [-0.2, 0) is 8.85 Å². The minimum Gasteiger partial charge on any atom is -0.397 e. The fourth-order valence-corrected chi connectivity index (χ4v) is 7.30. The molecule has 0 amide bonds. The Labute approximate surface area is 83.9 Å². The van der Waals surface area contributed by atoms with Crippen molar-refractivity contribution in [3.05, 3.63) is 0 Å². The summed E-state index contributed by atoms with van der Waals surface area (Å²) >= 11 is 0. The van der Waals surface area contributed by atoms with E-state index in [1.165, 1.54) is 0 Å². The zero-order valence-electron chi connectivity index (χ0n) is 10.3. The van der Waals surface area contributed by atoms with E-state index in [0.29, 0.717) is 0 Å². The molecule has 0 aliphatic rings. The molecule has 0 atom stereocenters. The lowest BCUT2D eigenvalue weighted by Gasteiger charge is -2.47. The van der Waals surface area contributed by atoms with Crippen LogP contribution in [0.5, 0.6) is 0 Å². The molecule has 0 aromatic rings. The average Bonchev–Trinajstić information content (AvgIpc) is 1.84. The van der Waals surface area contributed by atoms with Crippen molar-refractivity contribution in [1.29, 1.82) is 0 Å². The van der Waals surface area contributed by atoms with E-state index in [1.807, 2.05) is 0 Å². The summed E-state index contributed by atoms with van der Waals surface area (Å²) in [4.78, 5) is 0. The third-order valence-electron chi connectivity index (χ3n) is 2.55. The molecule has 0 N–H and O–H groups in total. The van der Waals surface area contributed by atoms with Crippen LogP contribution in [-0.4, -0.2) is 22.8 Å². The summed E-state index contributed by atoms with van der Waals surface area (Å²) in [5, 5.41) is 0.184. The highest BCUT2D eigenvalue weighted by atomic mass is 28.4. The van der Waals surface area contributed by atoms with Crippen molar-refractivity contribution in [3.63, 3.8) is 0 Å². The van der Waals surface area contributed by atoms with Crippen LogP contribution in [0.3, 0.4) is 0 Å². The van der Waals surface area contributed by atoms with Gasteiger partial charge in [-0.3, -0.25) is 0 Å². The molecule has 0 bridgehead atoms. The van der Waals surface area contributed by atoms with Gasteiger partial charge in [0.05, 0.1) is 0 Å². The van der Waals surface area contributed by atoms with Gasteiger partial charge in [-0.05, 0) is 0 Å². The van der Waals surface area contributed by atoms with Crippen molar-refractivity contribution in [3.8, 4) is 0 Å². The molecular formula is C10H24O2Si. The Balaban J connectivity index is 5.17. The summed E-state index contributed by atoms with van der Waals surface area (Å²) < 4.78 is 11.5. The van der Waals surface area contributed by atoms with Crippen molar-refractivity contribution in [2.75, 3.05) is 14.2 Å². The Morgan fingerprint density at radius 3 is 0.923 bits per heavy atom. The molecule has 0 aliphatic carbocycles. The summed E-state index contributed by atoms with van der Waals surface area (Å²) in [5.74, 6) is 0. The fourth-order valence-electron chi connectivity index (χ4n) is 2.43. The molecule has 2 nitrogen and oxygen atoms in total. The molecule has 0 saturated carbocycles. The molecule has 0 unspecified atom stereocenters. The molecule has 3 heteroatoms. The molecule has 80 valence electrons. The van der Waals surface area contributed by atoms with E-state index in [2.05, 4.69) is 41.5 Å². The molecular weight excluding hydrogens is 180 g/mol. The second-order valence-corrected chi connectivity index (χ2v) is 10.6. The standard InChI is InChI=1S/C10H24O2Si/c1-9(2,3)13(11-7,12-8)10(4,5)6/h1-8H3. The van der Waals surface area contributed by atoms with E-state index in [9.17, 15) is 0 Å². The summed E-state index contributed by atoms with van der Waals surface area (Å²) in [6.07, 6.45) is 0. The zero-order valence-corrected chi connectivity index (χ0v) is 11.3. The Hall–Kier alpha value is 0.137. The summed E-state index contributed by atoms with van der Waals surface area (Å²) in [5.41, 5.74) is 0. The molecule has 0 heterocycles. The van der Waals surface area contributed by atoms with Gasteiger partial charge in [0, 0.05) is 24.3 Å². The van der Waals surface area contributed by atoms with E-state index < -0.39 is 8.56 Å². The van der Waals surface area contributed by atoms with Gasteiger partial charge in [-0.2, -0.15) is 0 Å². The average molecular weight is 204 g/mol. The third kappa shape index (κ3) is 2.14. The second kappa shape index (κ2) is 3.71. The number of hydrogen-bond donors (Lipinski definition) is 0. The topological polar surface area (TPSA) is 18.5 Å². The highest BCUT2D eigenvalue weighted by Crippen LogP contribution is 2.51. The second-order valence-electron chi connectivity index (χ2n) is 5.52. The third-order valence-corrected chi connectivity index (χ3v) is 7.65. The van der Waals surface area contributed by atoms with E-state index in [4.69, 9.17) is 8.85 Å². The van der Waals surface area contributed by atoms with Crippen LogP contribution < -0.4 is 0 Å². The first-order valence-electron chi connectivity index (χ1n) is 4.72. The zero-order chi connectivity index (χ0) is 10.9. The quantitative estimate of drug-likeness (QED) is 0.642. The van der Waals surface area contributed by atoms with Crippen molar-refractivity contribution in [2.45, 2.75) is 51.6 Å². The maximum absolute atomic E-state index is 5.73. The van der Waals surface area contributed by atoms with Gasteiger partial charge in [0.15, 0.2) is 0 Å². The highest BCUT2D eigenvalue weighted by Gasteiger charge is 2.56. The molecule has 13 heavy (non-hydrogen) atoms. The first-order valence-corrected chi connectivity index (χ1v) is 6.54. The van der Waals surface area contributed by atoms with Crippen LogP contribution in [0.25, 0.3) is 0 Å². The molecule has 0 radical (unpaired) electrons. The lowest BCUT2D eigenvalue weighted by atomic mass is 10.2. The predicted molar refractivity (Wildman–Crippen MR) is 59.2 cm³/mol. The summed E-state index contributed by atoms with van der Waals surface area (Å²) in [7, 11) is 1.39. The summed E-state index contributed by atoms with van der Waals surface area (Å²) in [6.45, 7) is 13.2. The maximum Gasteiger partial charge on any atom is 0.348 e. The Kier molecular flexibility index (Phi) is 3.75. The van der Waals surface area contributed by atoms with Gasteiger partial charge in [-0.1, -0.05) is 41.5 Å². The van der Waals surface area contributed by atoms with Crippen LogP contribution >= 0.6 is 0 Å². The van der Waals surface area contributed by atoms with E-state index in [0.717, 1.165) is 0 Å². The molecule has 0 spiro atoms. The minimum absolute atomic E-state index is 0.0920. The molecule has 0 aromatic carbocycles. The minimum atomic E-state index is -2.15. The number of hydrogen-bond acceptors (Lipinski definition) is 2. The normalized spacial score (nSPS) is 14.8. The summed E-state index contributed by atoms with van der Waals surface area (Å²) in [6, 6.07) is 0. The number of rotatable bonds is 2. The molecule has 0 fully saturated rings. The Bertz CT molecular complexity index is 145. The molecule has 0 saturated heterocycles. The van der Waals surface area contributed by atoms with E-state index >= 15 is 0 Å². The lowest BCUT2D eigenvalue weighted by molar-refractivity contribution is 0.186. The van der Waals surface area contributed by atoms with Gasteiger partial charge < -0.3 is 8.85 Å². The van der Waals surface area contributed by atoms with Gasteiger partial charge in [0.2, 0.25) is 0 Å². The maximum atomic E-state index is 5.73. The first kappa shape index (κ1) is 13.1. The van der Waals surface area contributed by atoms with E-state index in [1.54, 1.807) is 14.2 Å². The van der Waals surface area contributed by atoms with E-state index in [-0.39, 0.29) is 10.1 Å². The van der Waals surface area contributed by atoms with Gasteiger partial charge in [0.1, 0.15) is 0 Å². The van der Waals surface area contributed by atoms with Gasteiger partial charge >= 0.3 is 8.56 Å². The monoisotopic (exact) mass is 204 g/mol. The first-order chi connectivity index (χ1) is 5.62. The molecule has 0 aliphatic heterocycles. The van der Waals surface area contributed by atoms with Crippen LogP contribution in [0.4, 0.5) is 0 Å².